The van der Waals surface area contributed by atoms with E-state index in [1.165, 1.54) is 4.90 Å². The molecule has 2 saturated heterocycles. The predicted molar refractivity (Wildman–Crippen MR) is 92.6 cm³/mol. The molecule has 3 aliphatic rings. The third-order valence-corrected chi connectivity index (χ3v) is 5.13. The van der Waals surface area contributed by atoms with Gasteiger partial charge >= 0.3 is 6.03 Å². The number of fused-ring (bicyclic) bond motifs is 1. The number of allylic oxidation sites excluding steroid dienone is 1. The number of carbonyl (C=O) groups excluding carboxylic acids is 2. The average Bonchev–Trinajstić information content (AvgIpc) is 2.91. The summed E-state index contributed by atoms with van der Waals surface area (Å²) in [6, 6.07) is -0.906. The number of halogens is 1. The van der Waals surface area contributed by atoms with E-state index in [2.05, 4.69) is 17.1 Å². The summed E-state index contributed by atoms with van der Waals surface area (Å²) in [6.45, 7) is 6.39. The number of hydrogen-bond donors (Lipinski definition) is 1. The molecule has 1 N–H and O–H groups in total. The molecule has 2 unspecified atom stereocenters. The van der Waals surface area contributed by atoms with E-state index in [1.54, 1.807) is 7.05 Å². The SMILES string of the molecule is C/C(Cl)=C/CN1C(N2CCC(C)CC2)=NC2C1C(=O)NC(=O)N2C. The Kier molecular flexibility index (Phi) is 4.71. The smallest absolute Gasteiger partial charge is 0.325 e. The molecular formula is C16H24ClN5O2. The van der Waals surface area contributed by atoms with E-state index >= 15 is 0 Å². The Bertz CT molecular complexity index is 593. The van der Waals surface area contributed by atoms with Crippen molar-refractivity contribution in [3.05, 3.63) is 11.1 Å². The molecular weight excluding hydrogens is 330 g/mol. The maximum Gasteiger partial charge on any atom is 0.325 e. The molecule has 0 radical (unpaired) electrons. The molecule has 3 amide bonds. The molecule has 3 heterocycles. The van der Waals surface area contributed by atoms with Gasteiger partial charge in [0.2, 0.25) is 0 Å². The van der Waals surface area contributed by atoms with Gasteiger partial charge in [0.15, 0.2) is 18.2 Å². The van der Waals surface area contributed by atoms with Crippen molar-refractivity contribution < 1.29 is 9.59 Å². The van der Waals surface area contributed by atoms with Gasteiger partial charge in [0.25, 0.3) is 5.91 Å². The average molecular weight is 354 g/mol. The Hall–Kier alpha value is -1.76. The summed E-state index contributed by atoms with van der Waals surface area (Å²) in [5.41, 5.74) is 0. The van der Waals surface area contributed by atoms with Crippen molar-refractivity contribution in [1.82, 2.24) is 20.0 Å². The Balaban J connectivity index is 1.89. The van der Waals surface area contributed by atoms with E-state index < -0.39 is 18.2 Å². The lowest BCUT2D eigenvalue weighted by atomic mass is 9.99. The first-order valence-corrected chi connectivity index (χ1v) is 8.75. The number of guanidine groups is 1. The molecule has 132 valence electrons. The minimum atomic E-state index is -0.505. The molecule has 8 heteroatoms. The molecule has 0 aromatic carbocycles. The van der Waals surface area contributed by atoms with Crippen LogP contribution in [0.15, 0.2) is 16.1 Å². The molecule has 3 rings (SSSR count). The quantitative estimate of drug-likeness (QED) is 0.815. The van der Waals surface area contributed by atoms with Crippen LogP contribution in [0.2, 0.25) is 0 Å². The number of hydrogen-bond acceptors (Lipinski definition) is 5. The first-order chi connectivity index (χ1) is 11.4. The molecule has 0 aromatic rings. The largest absolute Gasteiger partial charge is 0.343 e. The van der Waals surface area contributed by atoms with E-state index in [-0.39, 0.29) is 5.91 Å². The van der Waals surface area contributed by atoms with Crippen molar-refractivity contribution in [2.45, 2.75) is 38.9 Å². The summed E-state index contributed by atoms with van der Waals surface area (Å²) in [7, 11) is 1.67. The van der Waals surface area contributed by atoms with E-state index in [0.717, 1.165) is 31.9 Å². The van der Waals surface area contributed by atoms with Gasteiger partial charge in [-0.3, -0.25) is 10.1 Å². The number of urea groups is 1. The van der Waals surface area contributed by atoms with Crippen molar-refractivity contribution in [2.75, 3.05) is 26.7 Å². The minimum Gasteiger partial charge on any atom is -0.343 e. The maximum atomic E-state index is 12.4. The summed E-state index contributed by atoms with van der Waals surface area (Å²) < 4.78 is 0. The van der Waals surface area contributed by atoms with Crippen molar-refractivity contribution >= 4 is 29.5 Å². The van der Waals surface area contributed by atoms with E-state index in [9.17, 15) is 9.59 Å². The van der Waals surface area contributed by atoms with Crippen LogP contribution in [0.25, 0.3) is 0 Å². The third-order valence-electron chi connectivity index (χ3n) is 4.97. The van der Waals surface area contributed by atoms with Gasteiger partial charge < -0.3 is 14.7 Å². The number of nitrogens with zero attached hydrogens (tertiary/aromatic N) is 4. The molecule has 0 aromatic heterocycles. The zero-order chi connectivity index (χ0) is 17.4. The number of aliphatic imine (C=N–C) groups is 1. The first kappa shape index (κ1) is 17.1. The molecule has 0 aliphatic carbocycles. The molecule has 2 fully saturated rings. The van der Waals surface area contributed by atoms with E-state index in [4.69, 9.17) is 16.6 Å². The highest BCUT2D eigenvalue weighted by molar-refractivity contribution is 6.29. The highest BCUT2D eigenvalue weighted by Crippen LogP contribution is 2.27. The van der Waals surface area contributed by atoms with Crippen molar-refractivity contribution in [1.29, 1.82) is 0 Å². The minimum absolute atomic E-state index is 0.298. The molecule has 2 atom stereocenters. The predicted octanol–water partition coefficient (Wildman–Crippen LogP) is 1.41. The third kappa shape index (κ3) is 3.09. The van der Waals surface area contributed by atoms with Crippen molar-refractivity contribution in [3.8, 4) is 0 Å². The van der Waals surface area contributed by atoms with Crippen LogP contribution in [0.3, 0.4) is 0 Å². The number of piperidine rings is 1. The van der Waals surface area contributed by atoms with E-state index in [1.807, 2.05) is 17.9 Å². The molecule has 7 nitrogen and oxygen atoms in total. The van der Waals surface area contributed by atoms with E-state index in [0.29, 0.717) is 17.5 Å². The Morgan fingerprint density at radius 1 is 1.38 bits per heavy atom. The van der Waals surface area contributed by atoms with Crippen LogP contribution in [0.5, 0.6) is 0 Å². The molecule has 24 heavy (non-hydrogen) atoms. The number of rotatable bonds is 2. The number of nitrogens with one attached hydrogen (secondary N) is 1. The second kappa shape index (κ2) is 6.63. The Morgan fingerprint density at radius 2 is 2.04 bits per heavy atom. The lowest BCUT2D eigenvalue weighted by Crippen LogP contribution is -2.64. The summed E-state index contributed by atoms with van der Waals surface area (Å²) >= 11 is 5.99. The van der Waals surface area contributed by atoms with Gasteiger partial charge in [0.05, 0.1) is 0 Å². The van der Waals surface area contributed by atoms with Gasteiger partial charge in [-0.1, -0.05) is 24.6 Å². The Morgan fingerprint density at radius 3 is 2.67 bits per heavy atom. The van der Waals surface area contributed by atoms with Crippen LogP contribution >= 0.6 is 11.6 Å². The summed E-state index contributed by atoms with van der Waals surface area (Å²) in [4.78, 5) is 34.7. The van der Waals surface area contributed by atoms with Gasteiger partial charge in [-0.15, -0.1) is 0 Å². The lowest BCUT2D eigenvalue weighted by Gasteiger charge is -2.38. The van der Waals surface area contributed by atoms with Crippen LogP contribution in [-0.4, -0.2) is 71.5 Å². The highest BCUT2D eigenvalue weighted by atomic mass is 35.5. The maximum absolute atomic E-state index is 12.4. The van der Waals surface area contributed by atoms with Crippen LogP contribution in [0, 0.1) is 5.92 Å². The number of likely N-dealkylation sites (tertiary alicyclic amines) is 1. The van der Waals surface area contributed by atoms with Gasteiger partial charge in [0, 0.05) is 31.7 Å². The topological polar surface area (TPSA) is 68.2 Å². The fourth-order valence-corrected chi connectivity index (χ4v) is 3.47. The number of amides is 3. The first-order valence-electron chi connectivity index (χ1n) is 8.37. The molecule has 0 bridgehead atoms. The summed E-state index contributed by atoms with van der Waals surface area (Å²) in [5, 5.41) is 3.08. The van der Waals surface area contributed by atoms with Gasteiger partial charge in [-0.25, -0.2) is 9.79 Å². The standard InChI is InChI=1S/C16H24ClN5O2/c1-10-4-7-21(8-5-10)15-18-13-12(22(15)9-6-11(2)17)14(23)19-16(24)20(13)3/h6,10,12-13H,4-5,7-9H2,1-3H3,(H,19,23,24)/b11-6-. The normalized spacial score (nSPS) is 28.9. The van der Waals surface area contributed by atoms with Crippen LogP contribution < -0.4 is 5.32 Å². The van der Waals surface area contributed by atoms with Gasteiger partial charge in [-0.2, -0.15) is 0 Å². The fraction of sp³-hybridized carbons (Fsp3) is 0.688. The summed E-state index contributed by atoms with van der Waals surface area (Å²) in [5.74, 6) is 1.20. The monoisotopic (exact) mass is 353 g/mol. The fourth-order valence-electron chi connectivity index (χ4n) is 3.40. The Labute approximate surface area is 147 Å². The van der Waals surface area contributed by atoms with Gasteiger partial charge in [-0.05, 0) is 25.7 Å². The van der Waals surface area contributed by atoms with Crippen LogP contribution in [0.4, 0.5) is 4.79 Å². The number of imide groups is 1. The lowest BCUT2D eigenvalue weighted by molar-refractivity contribution is -0.127. The number of carbonyl (C=O) groups is 2. The zero-order valence-corrected chi connectivity index (χ0v) is 15.1. The van der Waals surface area contributed by atoms with Crippen molar-refractivity contribution in [2.24, 2.45) is 10.9 Å². The zero-order valence-electron chi connectivity index (χ0n) is 14.3. The van der Waals surface area contributed by atoms with Crippen molar-refractivity contribution in [3.63, 3.8) is 0 Å². The summed E-state index contributed by atoms with van der Waals surface area (Å²) in [6.07, 6.45) is 3.60. The molecule has 3 aliphatic heterocycles. The molecule has 0 saturated carbocycles. The highest BCUT2D eigenvalue weighted by Gasteiger charge is 2.49. The van der Waals surface area contributed by atoms with Crippen LogP contribution in [-0.2, 0) is 4.79 Å². The number of likely N-dealkylation sites (N-methyl/N-ethyl adjacent to an activating group) is 1. The second-order valence-corrected chi connectivity index (χ2v) is 7.40. The second-order valence-electron chi connectivity index (χ2n) is 6.81. The van der Waals surface area contributed by atoms with Crippen LogP contribution in [0.1, 0.15) is 26.7 Å². The molecule has 0 spiro atoms. The van der Waals surface area contributed by atoms with Gasteiger partial charge in [0.1, 0.15) is 0 Å².